The van der Waals surface area contributed by atoms with Gasteiger partial charge in [-0.1, -0.05) is 11.5 Å². The zero-order chi connectivity index (χ0) is 13.5. The number of hydrogen-bond donors (Lipinski definition) is 2. The van der Waals surface area contributed by atoms with Crippen LogP contribution in [0.15, 0.2) is 28.0 Å². The van der Waals surface area contributed by atoms with Gasteiger partial charge in [0.1, 0.15) is 0 Å². The lowest BCUT2D eigenvalue weighted by Gasteiger charge is -2.15. The molecule has 0 aliphatic carbocycles. The van der Waals surface area contributed by atoms with Gasteiger partial charge in [0.25, 0.3) is 0 Å². The Hall–Kier alpha value is -1.69. The highest BCUT2D eigenvalue weighted by Gasteiger charge is 2.08. The Morgan fingerprint density at radius 1 is 1.41 bits per heavy atom. The van der Waals surface area contributed by atoms with Crippen molar-refractivity contribution in [1.82, 2.24) is 5.32 Å². The van der Waals surface area contributed by atoms with Crippen LogP contribution in [-0.2, 0) is 0 Å². The molecule has 0 aromatic rings. The predicted octanol–water partition coefficient (Wildman–Crippen LogP) is 2.22. The topological polar surface area (TPSA) is 50.4 Å². The molecule has 0 aliphatic heterocycles. The quantitative estimate of drug-likeness (QED) is 0.444. The third kappa shape index (κ3) is 6.47. The van der Waals surface area contributed by atoms with Gasteiger partial charge in [-0.2, -0.15) is 0 Å². The first-order chi connectivity index (χ1) is 7.81. The minimum atomic E-state index is -0.118. The smallest absolute Gasteiger partial charge is 0.0763 e. The van der Waals surface area contributed by atoms with E-state index in [2.05, 4.69) is 16.2 Å². The summed E-state index contributed by atoms with van der Waals surface area (Å²) in [5, 5.41) is 3.16. The molecule has 0 amide bonds. The number of nitrogens with one attached hydrogen (secondary N) is 1. The average molecular weight is 233 g/mol. The first-order valence-corrected chi connectivity index (χ1v) is 5.64. The van der Waals surface area contributed by atoms with Crippen LogP contribution in [0.3, 0.4) is 0 Å². The minimum absolute atomic E-state index is 0.118. The summed E-state index contributed by atoms with van der Waals surface area (Å²) in [6.07, 6.45) is 8.57. The first kappa shape index (κ1) is 15.3. The van der Waals surface area contributed by atoms with E-state index in [0.29, 0.717) is 6.54 Å². The third-order valence-electron chi connectivity index (χ3n) is 1.93. The summed E-state index contributed by atoms with van der Waals surface area (Å²) in [5.41, 5.74) is 8.44. The molecule has 17 heavy (non-hydrogen) atoms. The number of rotatable bonds is 4. The van der Waals surface area contributed by atoms with Crippen molar-refractivity contribution in [2.45, 2.75) is 40.2 Å². The first-order valence-electron chi connectivity index (χ1n) is 5.64. The van der Waals surface area contributed by atoms with Crippen LogP contribution in [0.4, 0.5) is 0 Å². The molecular formula is C14H23N3. The summed E-state index contributed by atoms with van der Waals surface area (Å²) in [4.78, 5) is 4.44. The Labute approximate surface area is 105 Å². The molecular weight excluding hydrogens is 210 g/mol. The normalized spacial score (nSPS) is 12.4. The fourth-order valence-electron chi connectivity index (χ4n) is 1.16. The zero-order valence-corrected chi connectivity index (χ0v) is 11.5. The minimum Gasteiger partial charge on any atom is -0.404 e. The summed E-state index contributed by atoms with van der Waals surface area (Å²) in [5.74, 6) is 2.55. The van der Waals surface area contributed by atoms with Crippen LogP contribution < -0.4 is 11.1 Å². The van der Waals surface area contributed by atoms with Crippen molar-refractivity contribution in [3.63, 3.8) is 0 Å². The molecule has 3 N–H and O–H groups in total. The number of nitrogens with zero attached hydrogens (tertiary/aromatic N) is 1. The lowest BCUT2D eigenvalue weighted by molar-refractivity contribution is 0.586. The Morgan fingerprint density at radius 2 is 2.00 bits per heavy atom. The van der Waals surface area contributed by atoms with Crippen LogP contribution in [0.2, 0.25) is 0 Å². The van der Waals surface area contributed by atoms with Gasteiger partial charge < -0.3 is 11.1 Å². The van der Waals surface area contributed by atoms with Gasteiger partial charge in [-0.3, -0.25) is 4.99 Å². The maximum atomic E-state index is 5.63. The van der Waals surface area contributed by atoms with E-state index in [0.717, 1.165) is 16.8 Å². The van der Waals surface area contributed by atoms with Crippen molar-refractivity contribution in [3.8, 4) is 12.3 Å². The molecule has 0 heterocycles. The molecule has 0 aromatic carbocycles. The van der Waals surface area contributed by atoms with Gasteiger partial charge in [0.15, 0.2) is 0 Å². The number of hydrogen-bond acceptors (Lipinski definition) is 3. The van der Waals surface area contributed by atoms with Crippen molar-refractivity contribution in [2.75, 3.05) is 6.54 Å². The van der Waals surface area contributed by atoms with Crippen LogP contribution >= 0.6 is 0 Å². The van der Waals surface area contributed by atoms with Gasteiger partial charge in [-0.25, -0.2) is 0 Å². The maximum Gasteiger partial charge on any atom is 0.0763 e. The van der Waals surface area contributed by atoms with Crippen molar-refractivity contribution >= 4 is 6.21 Å². The molecule has 94 valence electrons. The van der Waals surface area contributed by atoms with E-state index in [-0.39, 0.29) is 5.54 Å². The van der Waals surface area contributed by atoms with Gasteiger partial charge in [0, 0.05) is 23.7 Å². The lowest BCUT2D eigenvalue weighted by Crippen LogP contribution is -2.19. The van der Waals surface area contributed by atoms with Crippen molar-refractivity contribution in [3.05, 3.63) is 23.0 Å². The molecule has 3 nitrogen and oxygen atoms in total. The molecule has 0 bridgehead atoms. The highest BCUT2D eigenvalue weighted by molar-refractivity contribution is 5.84. The molecule has 0 rings (SSSR count). The number of allylic oxidation sites excluding steroid dienone is 2. The molecule has 0 saturated heterocycles. The van der Waals surface area contributed by atoms with E-state index in [1.807, 2.05) is 34.6 Å². The average Bonchev–Trinajstić information content (AvgIpc) is 2.20. The summed E-state index contributed by atoms with van der Waals surface area (Å²) >= 11 is 0. The van der Waals surface area contributed by atoms with Crippen LogP contribution in [0, 0.1) is 12.3 Å². The standard InChI is InChI=1S/C14H23N3/c1-7-8-16-13(11(2)3)12(9-15)10-17-14(4,5)6/h1,9-10,16H,8,15H2,2-6H3/b12-9+,17-10?. The molecule has 0 aromatic heterocycles. The number of terminal acetylenes is 1. The summed E-state index contributed by atoms with van der Waals surface area (Å²) < 4.78 is 0. The van der Waals surface area contributed by atoms with Crippen molar-refractivity contribution in [2.24, 2.45) is 10.7 Å². The fourth-order valence-corrected chi connectivity index (χ4v) is 1.16. The van der Waals surface area contributed by atoms with E-state index >= 15 is 0 Å². The molecule has 0 unspecified atom stereocenters. The third-order valence-corrected chi connectivity index (χ3v) is 1.93. The maximum absolute atomic E-state index is 5.63. The van der Waals surface area contributed by atoms with E-state index in [9.17, 15) is 0 Å². The van der Waals surface area contributed by atoms with Crippen LogP contribution in [0.5, 0.6) is 0 Å². The van der Waals surface area contributed by atoms with Crippen LogP contribution in [0.1, 0.15) is 34.6 Å². The van der Waals surface area contributed by atoms with Crippen molar-refractivity contribution < 1.29 is 0 Å². The molecule has 0 spiro atoms. The second kappa shape index (κ2) is 6.80. The molecule has 3 heteroatoms. The van der Waals surface area contributed by atoms with Crippen LogP contribution in [0.25, 0.3) is 0 Å². The van der Waals surface area contributed by atoms with E-state index in [4.69, 9.17) is 12.2 Å². The molecule has 0 aliphatic rings. The largest absolute Gasteiger partial charge is 0.404 e. The molecule has 0 radical (unpaired) electrons. The highest BCUT2D eigenvalue weighted by atomic mass is 14.9. The van der Waals surface area contributed by atoms with Crippen LogP contribution in [-0.4, -0.2) is 18.3 Å². The molecule has 0 saturated carbocycles. The van der Waals surface area contributed by atoms with Gasteiger partial charge in [-0.15, -0.1) is 6.42 Å². The van der Waals surface area contributed by atoms with Gasteiger partial charge in [0.2, 0.25) is 0 Å². The van der Waals surface area contributed by atoms with Crippen molar-refractivity contribution in [1.29, 1.82) is 0 Å². The summed E-state index contributed by atoms with van der Waals surface area (Å²) in [7, 11) is 0. The second-order valence-corrected chi connectivity index (χ2v) is 4.98. The lowest BCUT2D eigenvalue weighted by atomic mass is 10.1. The summed E-state index contributed by atoms with van der Waals surface area (Å²) in [6, 6.07) is 0. The second-order valence-electron chi connectivity index (χ2n) is 4.98. The molecule has 0 fully saturated rings. The zero-order valence-electron chi connectivity index (χ0n) is 11.5. The monoisotopic (exact) mass is 233 g/mol. The Balaban J connectivity index is 5.05. The highest BCUT2D eigenvalue weighted by Crippen LogP contribution is 2.12. The Bertz CT molecular complexity index is 369. The molecule has 0 atom stereocenters. The number of aliphatic imine (C=N–C) groups is 1. The number of nitrogens with two attached hydrogens (primary N) is 1. The van der Waals surface area contributed by atoms with Gasteiger partial charge >= 0.3 is 0 Å². The fraction of sp³-hybridized carbons (Fsp3) is 0.500. The predicted molar refractivity (Wildman–Crippen MR) is 75.7 cm³/mol. The van der Waals surface area contributed by atoms with Gasteiger partial charge in [-0.05, 0) is 34.6 Å². The van der Waals surface area contributed by atoms with E-state index in [1.54, 1.807) is 12.4 Å². The Kier molecular flexibility index (Phi) is 6.12. The van der Waals surface area contributed by atoms with E-state index < -0.39 is 0 Å². The van der Waals surface area contributed by atoms with Gasteiger partial charge in [0.05, 0.1) is 12.1 Å². The SMILES string of the molecule is C#CCNC(=C(C)C)/C(C=NC(C)(C)C)=C/N. The van der Waals surface area contributed by atoms with E-state index in [1.165, 1.54) is 0 Å². The Morgan fingerprint density at radius 3 is 2.35 bits per heavy atom. The summed E-state index contributed by atoms with van der Waals surface area (Å²) in [6.45, 7) is 10.6.